The van der Waals surface area contributed by atoms with Gasteiger partial charge in [-0.1, -0.05) is 18.6 Å². The molecule has 1 aromatic carbocycles. The first-order valence-corrected chi connectivity index (χ1v) is 7.51. The number of piperidine rings is 1. The number of rotatable bonds is 5. The number of hydrogen-bond donors (Lipinski definition) is 1. The van der Waals surface area contributed by atoms with Gasteiger partial charge >= 0.3 is 0 Å². The summed E-state index contributed by atoms with van der Waals surface area (Å²) in [5, 5.41) is 0. The molecule has 0 aromatic heterocycles. The van der Waals surface area contributed by atoms with E-state index in [0.29, 0.717) is 6.54 Å². The molecule has 0 aliphatic carbocycles. The molecule has 1 aromatic rings. The Morgan fingerprint density at radius 1 is 1.18 bits per heavy atom. The van der Waals surface area contributed by atoms with Crippen molar-refractivity contribution in [2.45, 2.75) is 30.7 Å². The molecule has 0 atom stereocenters. The van der Waals surface area contributed by atoms with E-state index in [1.165, 1.54) is 55.1 Å². The highest BCUT2D eigenvalue weighted by molar-refractivity contribution is 7.99. The monoisotopic (exact) mass is 250 g/mol. The van der Waals surface area contributed by atoms with Gasteiger partial charge in [0.2, 0.25) is 0 Å². The van der Waals surface area contributed by atoms with Crippen molar-refractivity contribution in [3.8, 4) is 0 Å². The first-order valence-electron chi connectivity index (χ1n) is 6.52. The highest BCUT2D eigenvalue weighted by Gasteiger charge is 2.09. The average molecular weight is 250 g/mol. The normalized spacial score (nSPS) is 17.2. The smallest absolute Gasteiger partial charge is 0.0178 e. The summed E-state index contributed by atoms with van der Waals surface area (Å²) in [6.45, 7) is 4.45. The minimum absolute atomic E-state index is 0.639. The Bertz CT molecular complexity index is 335. The standard InChI is InChI=1S/C14H22N2S/c15-12-13-5-4-6-14(11-13)17-10-9-16-7-2-1-3-8-16/h4-6,11H,1-3,7-10,12,15H2. The van der Waals surface area contributed by atoms with Gasteiger partial charge in [-0.3, -0.25) is 0 Å². The topological polar surface area (TPSA) is 29.3 Å². The molecular formula is C14H22N2S. The highest BCUT2D eigenvalue weighted by Crippen LogP contribution is 2.19. The van der Waals surface area contributed by atoms with Crippen molar-refractivity contribution in [2.24, 2.45) is 5.73 Å². The minimum Gasteiger partial charge on any atom is -0.326 e. The molecule has 1 fully saturated rings. The molecule has 0 saturated carbocycles. The zero-order chi connectivity index (χ0) is 11.9. The SMILES string of the molecule is NCc1cccc(SCCN2CCCCC2)c1. The summed E-state index contributed by atoms with van der Waals surface area (Å²) in [4.78, 5) is 3.94. The van der Waals surface area contributed by atoms with Crippen LogP contribution >= 0.6 is 11.8 Å². The summed E-state index contributed by atoms with van der Waals surface area (Å²) in [7, 11) is 0. The van der Waals surface area contributed by atoms with Crippen molar-refractivity contribution in [1.82, 2.24) is 4.90 Å². The Hall–Kier alpha value is -0.510. The molecule has 0 bridgehead atoms. The lowest BCUT2D eigenvalue weighted by Crippen LogP contribution is -2.31. The number of likely N-dealkylation sites (tertiary alicyclic amines) is 1. The van der Waals surface area contributed by atoms with Crippen LogP contribution in [0.25, 0.3) is 0 Å². The Kier molecular flexibility index (Phi) is 5.36. The van der Waals surface area contributed by atoms with Crippen LogP contribution in [-0.4, -0.2) is 30.3 Å². The summed E-state index contributed by atoms with van der Waals surface area (Å²) in [6.07, 6.45) is 4.18. The number of benzene rings is 1. The minimum atomic E-state index is 0.639. The predicted octanol–water partition coefficient (Wildman–Crippen LogP) is 2.72. The molecular weight excluding hydrogens is 228 g/mol. The summed E-state index contributed by atoms with van der Waals surface area (Å²) in [6, 6.07) is 8.58. The van der Waals surface area contributed by atoms with Crippen LogP contribution < -0.4 is 5.73 Å². The fraction of sp³-hybridized carbons (Fsp3) is 0.571. The lowest BCUT2D eigenvalue weighted by atomic mass is 10.1. The van der Waals surface area contributed by atoms with E-state index in [4.69, 9.17) is 5.73 Å². The van der Waals surface area contributed by atoms with Crippen LogP contribution in [0.1, 0.15) is 24.8 Å². The first-order chi connectivity index (χ1) is 8.38. The van der Waals surface area contributed by atoms with Gasteiger partial charge in [0.05, 0.1) is 0 Å². The quantitative estimate of drug-likeness (QED) is 0.815. The van der Waals surface area contributed by atoms with Crippen molar-refractivity contribution >= 4 is 11.8 Å². The summed E-state index contributed by atoms with van der Waals surface area (Å²) in [5.41, 5.74) is 6.88. The van der Waals surface area contributed by atoms with E-state index in [2.05, 4.69) is 29.2 Å². The molecule has 0 radical (unpaired) electrons. The third-order valence-corrected chi connectivity index (χ3v) is 4.23. The lowest BCUT2D eigenvalue weighted by molar-refractivity contribution is 0.242. The Labute approximate surface area is 109 Å². The predicted molar refractivity (Wildman–Crippen MR) is 75.3 cm³/mol. The molecule has 3 heteroatoms. The Balaban J connectivity index is 1.73. The van der Waals surface area contributed by atoms with Crippen LogP contribution in [0.15, 0.2) is 29.2 Å². The third kappa shape index (κ3) is 4.34. The van der Waals surface area contributed by atoms with Crippen LogP contribution in [0.3, 0.4) is 0 Å². The summed E-state index contributed by atoms with van der Waals surface area (Å²) < 4.78 is 0. The van der Waals surface area contributed by atoms with Gasteiger partial charge in [-0.25, -0.2) is 0 Å². The summed E-state index contributed by atoms with van der Waals surface area (Å²) in [5.74, 6) is 1.19. The number of nitrogens with two attached hydrogens (primary N) is 1. The molecule has 2 rings (SSSR count). The Morgan fingerprint density at radius 3 is 2.76 bits per heavy atom. The Morgan fingerprint density at radius 2 is 2.00 bits per heavy atom. The van der Waals surface area contributed by atoms with Crippen molar-refractivity contribution in [1.29, 1.82) is 0 Å². The van der Waals surface area contributed by atoms with Crippen molar-refractivity contribution in [3.05, 3.63) is 29.8 Å². The van der Waals surface area contributed by atoms with Crippen molar-refractivity contribution in [2.75, 3.05) is 25.4 Å². The fourth-order valence-electron chi connectivity index (χ4n) is 2.24. The number of thioether (sulfide) groups is 1. The average Bonchev–Trinajstić information content (AvgIpc) is 2.40. The molecule has 1 saturated heterocycles. The van der Waals surface area contributed by atoms with Crippen LogP contribution in [0.2, 0.25) is 0 Å². The van der Waals surface area contributed by atoms with E-state index in [-0.39, 0.29) is 0 Å². The van der Waals surface area contributed by atoms with Gasteiger partial charge in [0, 0.05) is 23.7 Å². The summed E-state index contributed by atoms with van der Waals surface area (Å²) >= 11 is 1.95. The maximum atomic E-state index is 5.65. The van der Waals surface area contributed by atoms with Crippen molar-refractivity contribution in [3.63, 3.8) is 0 Å². The molecule has 17 heavy (non-hydrogen) atoms. The molecule has 1 aliphatic heterocycles. The second kappa shape index (κ2) is 7.04. The van der Waals surface area contributed by atoms with Gasteiger partial charge in [-0.15, -0.1) is 11.8 Å². The lowest BCUT2D eigenvalue weighted by Gasteiger charge is -2.26. The molecule has 0 unspecified atom stereocenters. The van der Waals surface area contributed by atoms with Gasteiger partial charge in [-0.05, 0) is 43.6 Å². The molecule has 0 amide bonds. The van der Waals surface area contributed by atoms with Gasteiger partial charge in [0.25, 0.3) is 0 Å². The van der Waals surface area contributed by atoms with E-state index < -0.39 is 0 Å². The van der Waals surface area contributed by atoms with E-state index in [1.807, 2.05) is 11.8 Å². The zero-order valence-corrected chi connectivity index (χ0v) is 11.2. The molecule has 2 nitrogen and oxygen atoms in total. The van der Waals surface area contributed by atoms with E-state index in [1.54, 1.807) is 0 Å². The number of nitrogens with zero attached hydrogens (tertiary/aromatic N) is 1. The molecule has 0 spiro atoms. The van der Waals surface area contributed by atoms with Gasteiger partial charge in [0.1, 0.15) is 0 Å². The van der Waals surface area contributed by atoms with Crippen molar-refractivity contribution < 1.29 is 0 Å². The van der Waals surface area contributed by atoms with Gasteiger partial charge in [0.15, 0.2) is 0 Å². The van der Waals surface area contributed by atoms with Gasteiger partial charge < -0.3 is 10.6 Å². The number of hydrogen-bond acceptors (Lipinski definition) is 3. The molecule has 1 heterocycles. The fourth-order valence-corrected chi connectivity index (χ4v) is 3.23. The largest absolute Gasteiger partial charge is 0.326 e. The second-order valence-electron chi connectivity index (χ2n) is 4.60. The molecule has 2 N–H and O–H groups in total. The highest BCUT2D eigenvalue weighted by atomic mass is 32.2. The van der Waals surface area contributed by atoms with E-state index in [0.717, 1.165) is 0 Å². The molecule has 94 valence electrons. The van der Waals surface area contributed by atoms with Crippen LogP contribution in [0.4, 0.5) is 0 Å². The second-order valence-corrected chi connectivity index (χ2v) is 5.77. The zero-order valence-electron chi connectivity index (χ0n) is 10.4. The van der Waals surface area contributed by atoms with E-state index in [9.17, 15) is 0 Å². The first kappa shape index (κ1) is 12.9. The van der Waals surface area contributed by atoms with Gasteiger partial charge in [-0.2, -0.15) is 0 Å². The molecule has 1 aliphatic rings. The van der Waals surface area contributed by atoms with Crippen LogP contribution in [0.5, 0.6) is 0 Å². The third-order valence-electron chi connectivity index (χ3n) is 3.26. The van der Waals surface area contributed by atoms with E-state index >= 15 is 0 Å². The van der Waals surface area contributed by atoms with Crippen LogP contribution in [-0.2, 0) is 6.54 Å². The maximum Gasteiger partial charge on any atom is 0.0178 e. The maximum absolute atomic E-state index is 5.65. The van der Waals surface area contributed by atoms with Crippen LogP contribution in [0, 0.1) is 0 Å².